The molecule has 1 N–H and O–H groups in total. The van der Waals surface area contributed by atoms with Crippen LogP contribution in [-0.2, 0) is 16.1 Å². The molecule has 0 bridgehead atoms. The number of nitrogens with one attached hydrogen (secondary N) is 1. The molecule has 2 aliphatic heterocycles. The summed E-state index contributed by atoms with van der Waals surface area (Å²) in [5, 5.41) is 8.67. The smallest absolute Gasteiger partial charge is 0.410 e. The van der Waals surface area contributed by atoms with Crippen molar-refractivity contribution in [2.75, 3.05) is 13.1 Å². The summed E-state index contributed by atoms with van der Waals surface area (Å²) in [6.07, 6.45) is -0.154. The number of thiophene rings is 1. The first-order valence-corrected chi connectivity index (χ1v) is 10.2. The second-order valence-corrected chi connectivity index (χ2v) is 9.16. The summed E-state index contributed by atoms with van der Waals surface area (Å²) in [6.45, 7) is 5.77. The summed E-state index contributed by atoms with van der Waals surface area (Å²) in [5.41, 5.74) is -1.26. The van der Waals surface area contributed by atoms with Crippen LogP contribution in [0.2, 0.25) is 0 Å². The first-order chi connectivity index (χ1) is 13.7. The van der Waals surface area contributed by atoms with Crippen molar-refractivity contribution >= 4 is 29.4 Å². The van der Waals surface area contributed by atoms with E-state index in [-0.39, 0.29) is 19.0 Å². The molecule has 4 rings (SSSR count). The van der Waals surface area contributed by atoms with E-state index in [1.54, 1.807) is 26.8 Å². The molecule has 2 saturated heterocycles. The van der Waals surface area contributed by atoms with Gasteiger partial charge < -0.3 is 19.5 Å². The maximum atomic E-state index is 13.0. The first-order valence-electron chi connectivity index (χ1n) is 9.28. The number of carbonyl (C=O) groups excluding carboxylic acids is 3. The van der Waals surface area contributed by atoms with Gasteiger partial charge in [0.1, 0.15) is 16.8 Å². The second-order valence-electron chi connectivity index (χ2n) is 8.22. The molecule has 0 aromatic carbocycles. The molecule has 0 unspecified atom stereocenters. The fraction of sp³-hybridized carbons (Fsp3) is 0.474. The molecule has 4 heterocycles. The average Bonchev–Trinajstić information content (AvgIpc) is 3.39. The number of carbonyl (C=O) groups is 3. The Balaban J connectivity index is 1.45. The minimum absolute atomic E-state index is 0.00767. The van der Waals surface area contributed by atoms with E-state index in [1.807, 2.05) is 17.5 Å². The highest BCUT2D eigenvalue weighted by atomic mass is 32.1. The number of imide groups is 1. The second kappa shape index (κ2) is 6.87. The van der Waals surface area contributed by atoms with Crippen molar-refractivity contribution in [1.29, 1.82) is 0 Å². The fourth-order valence-electron chi connectivity index (χ4n) is 3.47. The van der Waals surface area contributed by atoms with Crippen molar-refractivity contribution < 1.29 is 23.6 Å². The Hall–Kier alpha value is -2.88. The number of rotatable bonds is 3. The molecule has 2 aromatic rings. The Kier molecular flexibility index (Phi) is 4.60. The third kappa shape index (κ3) is 3.71. The lowest BCUT2D eigenvalue weighted by Gasteiger charge is -2.25. The highest BCUT2D eigenvalue weighted by Gasteiger charge is 2.56. The summed E-state index contributed by atoms with van der Waals surface area (Å²) in [5.74, 6) is 0.225. The lowest BCUT2D eigenvalue weighted by Crippen LogP contribution is -2.50. The van der Waals surface area contributed by atoms with Gasteiger partial charge in [-0.25, -0.2) is 9.59 Å². The van der Waals surface area contributed by atoms with Crippen LogP contribution >= 0.6 is 11.3 Å². The molecule has 0 saturated carbocycles. The Bertz CT molecular complexity index is 948. The van der Waals surface area contributed by atoms with Crippen LogP contribution in [0.15, 0.2) is 28.1 Å². The molecule has 29 heavy (non-hydrogen) atoms. The van der Waals surface area contributed by atoms with Gasteiger partial charge in [-0.15, -0.1) is 11.3 Å². The van der Waals surface area contributed by atoms with E-state index in [1.165, 1.54) is 16.2 Å². The summed E-state index contributed by atoms with van der Waals surface area (Å²) in [7, 11) is 0. The number of ether oxygens (including phenoxy) is 1. The number of hydrogen-bond acceptors (Lipinski definition) is 7. The highest BCUT2D eigenvalue weighted by molar-refractivity contribution is 7.13. The van der Waals surface area contributed by atoms with E-state index < -0.39 is 23.3 Å². The maximum absolute atomic E-state index is 13.0. The molecule has 2 aliphatic rings. The van der Waals surface area contributed by atoms with Gasteiger partial charge in [-0.1, -0.05) is 11.2 Å². The lowest BCUT2D eigenvalue weighted by atomic mass is 9.99. The minimum atomic E-state index is -1.12. The summed E-state index contributed by atoms with van der Waals surface area (Å²) in [6, 6.07) is 5.03. The van der Waals surface area contributed by atoms with Crippen LogP contribution in [0.1, 0.15) is 32.9 Å². The molecule has 9 nitrogen and oxygen atoms in total. The number of hydrogen-bond donors (Lipinski definition) is 1. The number of urea groups is 1. The third-order valence-electron chi connectivity index (χ3n) is 4.81. The van der Waals surface area contributed by atoms with Crippen LogP contribution in [0, 0.1) is 0 Å². The lowest BCUT2D eigenvalue weighted by molar-refractivity contribution is -0.131. The van der Waals surface area contributed by atoms with Gasteiger partial charge >= 0.3 is 12.1 Å². The topological polar surface area (TPSA) is 105 Å². The standard InChI is InChI=1S/C19H22N4O5S/c1-18(2,3)27-17(26)22-7-6-19(11-22)15(24)23(16(25)20-19)10-12-9-13(28-21-12)14-5-4-8-29-14/h4-5,8-9H,6-7,10-11H2,1-3H3,(H,20,25)/t19-/m1/s1. The molecule has 2 fully saturated rings. The van der Waals surface area contributed by atoms with Crippen LogP contribution in [0.3, 0.4) is 0 Å². The Morgan fingerprint density at radius 1 is 1.41 bits per heavy atom. The highest BCUT2D eigenvalue weighted by Crippen LogP contribution is 2.31. The molecule has 154 valence electrons. The van der Waals surface area contributed by atoms with Crippen LogP contribution in [0.5, 0.6) is 0 Å². The van der Waals surface area contributed by atoms with Crippen LogP contribution in [0.25, 0.3) is 10.6 Å². The predicted molar refractivity (Wildman–Crippen MR) is 104 cm³/mol. The van der Waals surface area contributed by atoms with Crippen molar-refractivity contribution in [1.82, 2.24) is 20.3 Å². The van der Waals surface area contributed by atoms with Crippen LogP contribution < -0.4 is 5.32 Å². The summed E-state index contributed by atoms with van der Waals surface area (Å²) < 4.78 is 10.7. The molecular formula is C19H22N4O5S. The Labute approximate surface area is 171 Å². The molecule has 4 amide bonds. The number of nitrogens with zero attached hydrogens (tertiary/aromatic N) is 3. The number of likely N-dealkylation sites (tertiary alicyclic amines) is 1. The van der Waals surface area contributed by atoms with Gasteiger partial charge in [0.05, 0.1) is 18.0 Å². The van der Waals surface area contributed by atoms with E-state index in [0.717, 1.165) is 9.78 Å². The minimum Gasteiger partial charge on any atom is -0.444 e. The van der Waals surface area contributed by atoms with Crippen molar-refractivity contribution in [2.45, 2.75) is 44.9 Å². The van der Waals surface area contributed by atoms with Gasteiger partial charge in [-0.05, 0) is 38.6 Å². The normalized spacial score (nSPS) is 21.9. The molecule has 1 atom stereocenters. The van der Waals surface area contributed by atoms with E-state index >= 15 is 0 Å². The average molecular weight is 418 g/mol. The third-order valence-corrected chi connectivity index (χ3v) is 5.69. The van der Waals surface area contributed by atoms with Gasteiger partial charge in [-0.2, -0.15) is 0 Å². The van der Waals surface area contributed by atoms with E-state index in [0.29, 0.717) is 24.4 Å². The number of aromatic nitrogens is 1. The van der Waals surface area contributed by atoms with E-state index in [2.05, 4.69) is 10.5 Å². The Morgan fingerprint density at radius 2 is 2.21 bits per heavy atom. The van der Waals surface area contributed by atoms with Crippen molar-refractivity contribution in [3.05, 3.63) is 29.3 Å². The number of amides is 4. The maximum Gasteiger partial charge on any atom is 0.410 e. The van der Waals surface area contributed by atoms with Gasteiger partial charge in [0.25, 0.3) is 5.91 Å². The summed E-state index contributed by atoms with van der Waals surface area (Å²) >= 11 is 1.51. The zero-order valence-corrected chi connectivity index (χ0v) is 17.2. The zero-order valence-electron chi connectivity index (χ0n) is 16.4. The molecule has 0 radical (unpaired) electrons. The first kappa shape index (κ1) is 19.4. The zero-order chi connectivity index (χ0) is 20.8. The van der Waals surface area contributed by atoms with Crippen molar-refractivity contribution in [3.63, 3.8) is 0 Å². The summed E-state index contributed by atoms with van der Waals surface area (Å²) in [4.78, 5) is 41.4. The molecular weight excluding hydrogens is 396 g/mol. The van der Waals surface area contributed by atoms with Gasteiger partial charge in [0, 0.05) is 12.6 Å². The van der Waals surface area contributed by atoms with Gasteiger partial charge in [-0.3, -0.25) is 9.69 Å². The monoisotopic (exact) mass is 418 g/mol. The van der Waals surface area contributed by atoms with Crippen LogP contribution in [-0.4, -0.2) is 57.2 Å². The molecule has 2 aromatic heterocycles. The van der Waals surface area contributed by atoms with Gasteiger partial charge in [0.15, 0.2) is 5.76 Å². The van der Waals surface area contributed by atoms with Gasteiger partial charge in [0.2, 0.25) is 0 Å². The fourth-order valence-corrected chi connectivity index (χ4v) is 4.14. The van der Waals surface area contributed by atoms with E-state index in [4.69, 9.17) is 9.26 Å². The van der Waals surface area contributed by atoms with Crippen molar-refractivity contribution in [3.8, 4) is 10.6 Å². The van der Waals surface area contributed by atoms with Crippen molar-refractivity contribution in [2.24, 2.45) is 0 Å². The van der Waals surface area contributed by atoms with E-state index in [9.17, 15) is 14.4 Å². The predicted octanol–water partition coefficient (Wildman–Crippen LogP) is 2.83. The Morgan fingerprint density at radius 3 is 2.90 bits per heavy atom. The van der Waals surface area contributed by atoms with Crippen LogP contribution in [0.4, 0.5) is 9.59 Å². The molecule has 10 heteroatoms. The molecule has 0 aliphatic carbocycles. The quantitative estimate of drug-likeness (QED) is 0.769. The molecule has 1 spiro atoms. The largest absolute Gasteiger partial charge is 0.444 e. The SMILES string of the molecule is CC(C)(C)OC(=O)N1CC[C@]2(C1)NC(=O)N(Cc1cc(-c3cccs3)on1)C2=O.